The van der Waals surface area contributed by atoms with Crippen LogP contribution in [0.5, 0.6) is 0 Å². The van der Waals surface area contributed by atoms with Gasteiger partial charge in [0.1, 0.15) is 0 Å². The van der Waals surface area contributed by atoms with Crippen LogP contribution >= 0.6 is 15.9 Å². The average Bonchev–Trinajstić information content (AvgIpc) is 2.46. The second-order valence-electron chi connectivity index (χ2n) is 4.64. The molecule has 0 bridgehead atoms. The van der Waals surface area contributed by atoms with Crippen molar-refractivity contribution in [2.75, 3.05) is 12.3 Å². The Morgan fingerprint density at radius 2 is 2.05 bits per heavy atom. The molecule has 1 aromatic carbocycles. The van der Waals surface area contributed by atoms with Gasteiger partial charge in [0.2, 0.25) is 0 Å². The summed E-state index contributed by atoms with van der Waals surface area (Å²) in [6.45, 7) is 3.13. The molecular weight excluding hydrogens is 354 g/mol. The highest BCUT2D eigenvalue weighted by Gasteiger charge is 2.15. The van der Waals surface area contributed by atoms with E-state index in [1.807, 2.05) is 6.92 Å². The Morgan fingerprint density at radius 3 is 2.68 bits per heavy atom. The number of benzene rings is 1. The summed E-state index contributed by atoms with van der Waals surface area (Å²) in [5.41, 5.74) is 6.04. The third kappa shape index (κ3) is 5.72. The quantitative estimate of drug-likeness (QED) is 0.539. The van der Waals surface area contributed by atoms with Gasteiger partial charge in [-0.2, -0.15) is 0 Å². The molecule has 120 valence electrons. The van der Waals surface area contributed by atoms with Crippen LogP contribution < -0.4 is 16.4 Å². The van der Waals surface area contributed by atoms with Gasteiger partial charge >= 0.3 is 12.0 Å². The van der Waals surface area contributed by atoms with Crippen molar-refractivity contribution in [3.63, 3.8) is 0 Å². The van der Waals surface area contributed by atoms with Crippen molar-refractivity contribution in [1.29, 1.82) is 0 Å². The molecule has 0 aromatic heterocycles. The summed E-state index contributed by atoms with van der Waals surface area (Å²) in [6, 6.07) is 4.03. The zero-order valence-corrected chi connectivity index (χ0v) is 13.9. The van der Waals surface area contributed by atoms with Crippen molar-refractivity contribution >= 4 is 39.5 Å². The van der Waals surface area contributed by atoms with Crippen LogP contribution in [0.25, 0.3) is 0 Å². The zero-order valence-electron chi connectivity index (χ0n) is 12.3. The topological polar surface area (TPSA) is 111 Å². The highest BCUT2D eigenvalue weighted by molar-refractivity contribution is 9.10. The maximum Gasteiger partial charge on any atom is 0.340 e. The Kier molecular flexibility index (Phi) is 6.84. The van der Waals surface area contributed by atoms with E-state index < -0.39 is 24.5 Å². The number of halogens is 1. The SMILES string of the molecule is CC[C@H](C)NC(=O)NC(=O)COC(=O)c1cc(Br)ccc1N. The van der Waals surface area contributed by atoms with Crippen LogP contribution in [-0.2, 0) is 9.53 Å². The summed E-state index contributed by atoms with van der Waals surface area (Å²) >= 11 is 3.21. The lowest BCUT2D eigenvalue weighted by molar-refractivity contribution is -0.123. The number of imide groups is 1. The van der Waals surface area contributed by atoms with Gasteiger partial charge in [-0.1, -0.05) is 22.9 Å². The molecule has 8 heteroatoms. The van der Waals surface area contributed by atoms with Crippen molar-refractivity contribution < 1.29 is 19.1 Å². The second kappa shape index (κ2) is 8.38. The third-order valence-electron chi connectivity index (χ3n) is 2.81. The lowest BCUT2D eigenvalue weighted by Gasteiger charge is -2.12. The summed E-state index contributed by atoms with van der Waals surface area (Å²) in [5.74, 6) is -1.46. The standard InChI is InChI=1S/C14H18BrN3O4/c1-3-8(2)17-14(21)18-12(19)7-22-13(20)10-6-9(15)4-5-11(10)16/h4-6,8H,3,7,16H2,1-2H3,(H2,17,18,19,21)/t8-/m0/s1. The number of carbonyl (C=O) groups is 3. The van der Waals surface area contributed by atoms with Crippen LogP contribution in [-0.4, -0.2) is 30.6 Å². The van der Waals surface area contributed by atoms with Crippen LogP contribution in [0.1, 0.15) is 30.6 Å². The van der Waals surface area contributed by atoms with Crippen molar-refractivity contribution in [1.82, 2.24) is 10.6 Å². The molecule has 0 heterocycles. The number of amides is 3. The molecule has 1 atom stereocenters. The second-order valence-corrected chi connectivity index (χ2v) is 5.55. The normalized spacial score (nSPS) is 11.4. The molecule has 0 aliphatic heterocycles. The molecular formula is C14H18BrN3O4. The minimum Gasteiger partial charge on any atom is -0.452 e. The highest BCUT2D eigenvalue weighted by Crippen LogP contribution is 2.19. The van der Waals surface area contributed by atoms with Gasteiger partial charge in [0.25, 0.3) is 5.91 Å². The molecule has 0 saturated heterocycles. The molecule has 0 radical (unpaired) electrons. The molecule has 0 aliphatic carbocycles. The monoisotopic (exact) mass is 371 g/mol. The first-order valence-corrected chi connectivity index (χ1v) is 7.45. The number of nitrogens with one attached hydrogen (secondary N) is 2. The van der Waals surface area contributed by atoms with Crippen LogP contribution in [0.2, 0.25) is 0 Å². The van der Waals surface area contributed by atoms with Crippen LogP contribution in [0.3, 0.4) is 0 Å². The minimum atomic E-state index is -0.740. The fourth-order valence-corrected chi connectivity index (χ4v) is 1.80. The van der Waals surface area contributed by atoms with Gasteiger partial charge < -0.3 is 15.8 Å². The van der Waals surface area contributed by atoms with E-state index in [0.29, 0.717) is 4.47 Å². The van der Waals surface area contributed by atoms with Gasteiger partial charge in [0.05, 0.1) is 5.56 Å². The smallest absolute Gasteiger partial charge is 0.340 e. The lowest BCUT2D eigenvalue weighted by atomic mass is 10.2. The van der Waals surface area contributed by atoms with Gasteiger partial charge in [0, 0.05) is 16.2 Å². The zero-order chi connectivity index (χ0) is 16.7. The van der Waals surface area contributed by atoms with Gasteiger partial charge in [-0.05, 0) is 31.5 Å². The van der Waals surface area contributed by atoms with E-state index in [9.17, 15) is 14.4 Å². The average molecular weight is 372 g/mol. The summed E-state index contributed by atoms with van der Waals surface area (Å²) in [5, 5.41) is 4.63. The number of anilines is 1. The van der Waals surface area contributed by atoms with Crippen molar-refractivity contribution in [3.05, 3.63) is 28.2 Å². The minimum absolute atomic E-state index is 0.0585. The van der Waals surface area contributed by atoms with Crippen LogP contribution in [0, 0.1) is 0 Å². The fraction of sp³-hybridized carbons (Fsp3) is 0.357. The lowest BCUT2D eigenvalue weighted by Crippen LogP contribution is -2.44. The molecule has 1 aromatic rings. The Labute approximate surface area is 136 Å². The number of carbonyl (C=O) groups excluding carboxylic acids is 3. The first kappa shape index (κ1) is 18.0. The first-order valence-electron chi connectivity index (χ1n) is 6.66. The Bertz CT molecular complexity index is 577. The molecule has 0 fully saturated rings. The number of nitrogens with two attached hydrogens (primary N) is 1. The molecule has 4 N–H and O–H groups in total. The fourth-order valence-electron chi connectivity index (χ4n) is 1.44. The number of urea groups is 1. The highest BCUT2D eigenvalue weighted by atomic mass is 79.9. The van der Waals surface area contributed by atoms with E-state index in [0.717, 1.165) is 6.42 Å². The van der Waals surface area contributed by atoms with E-state index in [1.165, 1.54) is 6.07 Å². The van der Waals surface area contributed by atoms with Crippen molar-refractivity contribution in [2.45, 2.75) is 26.3 Å². The summed E-state index contributed by atoms with van der Waals surface area (Å²) in [4.78, 5) is 34.8. The van der Waals surface area contributed by atoms with E-state index in [1.54, 1.807) is 19.1 Å². The Morgan fingerprint density at radius 1 is 1.36 bits per heavy atom. The van der Waals surface area contributed by atoms with Gasteiger partial charge in [-0.15, -0.1) is 0 Å². The number of hydrogen-bond acceptors (Lipinski definition) is 5. The van der Waals surface area contributed by atoms with E-state index in [2.05, 4.69) is 26.6 Å². The number of esters is 1. The molecule has 0 unspecified atom stereocenters. The summed E-state index contributed by atoms with van der Waals surface area (Å²) < 4.78 is 5.48. The van der Waals surface area contributed by atoms with Gasteiger partial charge in [-0.3, -0.25) is 10.1 Å². The van der Waals surface area contributed by atoms with Gasteiger partial charge in [-0.25, -0.2) is 9.59 Å². The Balaban J connectivity index is 2.48. The number of rotatable bonds is 5. The molecule has 0 spiro atoms. The molecule has 1 rings (SSSR count). The van der Waals surface area contributed by atoms with Crippen LogP contribution in [0.4, 0.5) is 10.5 Å². The summed E-state index contributed by atoms with van der Waals surface area (Å²) in [6.07, 6.45) is 0.735. The summed E-state index contributed by atoms with van der Waals surface area (Å²) in [7, 11) is 0. The molecule has 0 aliphatic rings. The van der Waals surface area contributed by atoms with E-state index in [-0.39, 0.29) is 17.3 Å². The van der Waals surface area contributed by atoms with Crippen LogP contribution in [0.15, 0.2) is 22.7 Å². The maximum absolute atomic E-state index is 11.8. The number of hydrogen-bond donors (Lipinski definition) is 3. The van der Waals surface area contributed by atoms with Crippen molar-refractivity contribution in [3.8, 4) is 0 Å². The molecule has 3 amide bonds. The molecule has 22 heavy (non-hydrogen) atoms. The first-order chi connectivity index (χ1) is 10.3. The van der Waals surface area contributed by atoms with Gasteiger partial charge in [0.15, 0.2) is 6.61 Å². The Hall–Kier alpha value is -2.09. The third-order valence-corrected chi connectivity index (χ3v) is 3.31. The number of nitrogen functional groups attached to an aromatic ring is 1. The maximum atomic E-state index is 11.8. The number of ether oxygens (including phenoxy) is 1. The van der Waals surface area contributed by atoms with E-state index >= 15 is 0 Å². The largest absolute Gasteiger partial charge is 0.452 e. The van der Waals surface area contributed by atoms with E-state index in [4.69, 9.17) is 10.5 Å². The predicted molar refractivity (Wildman–Crippen MR) is 85.3 cm³/mol. The molecule has 7 nitrogen and oxygen atoms in total. The predicted octanol–water partition coefficient (Wildman–Crippen LogP) is 1.81. The molecule has 0 saturated carbocycles. The van der Waals surface area contributed by atoms with Crippen molar-refractivity contribution in [2.24, 2.45) is 0 Å².